The lowest BCUT2D eigenvalue weighted by atomic mass is 10.1. The van der Waals surface area contributed by atoms with Crippen LogP contribution in [-0.4, -0.2) is 45.0 Å². The predicted molar refractivity (Wildman–Crippen MR) is 108 cm³/mol. The number of benzene rings is 2. The molecule has 0 bridgehead atoms. The van der Waals surface area contributed by atoms with Crippen LogP contribution in [0.3, 0.4) is 0 Å². The Balaban J connectivity index is 2.11. The number of carbonyl (C=O) groups excluding carboxylic acids is 2. The van der Waals surface area contributed by atoms with E-state index in [1.807, 2.05) is 26.0 Å². The van der Waals surface area contributed by atoms with E-state index < -0.39 is 28.0 Å². The number of hydroxylamine groups is 1. The maximum atomic E-state index is 12.4. The van der Waals surface area contributed by atoms with Gasteiger partial charge in [0.15, 0.2) is 6.10 Å². The molecule has 0 aromatic heterocycles. The molecule has 2 aromatic rings. The normalized spacial score (nSPS) is 12.5. The van der Waals surface area contributed by atoms with Gasteiger partial charge in [-0.1, -0.05) is 28.2 Å². The average Bonchev–Trinajstić information content (AvgIpc) is 2.69. The van der Waals surface area contributed by atoms with Gasteiger partial charge in [0.25, 0.3) is 15.9 Å². The zero-order valence-corrected chi connectivity index (χ0v) is 17.7. The summed E-state index contributed by atoms with van der Waals surface area (Å²) in [7, 11) is -1.46. The van der Waals surface area contributed by atoms with Gasteiger partial charge in [0.2, 0.25) is 0 Å². The number of anilines is 1. The molecule has 0 saturated heterocycles. The van der Waals surface area contributed by atoms with Gasteiger partial charge in [-0.3, -0.25) is 9.63 Å². The summed E-state index contributed by atoms with van der Waals surface area (Å²) in [4.78, 5) is 29.3. The van der Waals surface area contributed by atoms with E-state index in [4.69, 9.17) is 9.57 Å². The summed E-state index contributed by atoms with van der Waals surface area (Å²) in [5.41, 5.74) is 2.58. The van der Waals surface area contributed by atoms with Gasteiger partial charge >= 0.3 is 5.97 Å². The molecule has 8 nitrogen and oxygen atoms in total. The average molecular weight is 420 g/mol. The maximum absolute atomic E-state index is 12.4. The first-order valence-electron chi connectivity index (χ1n) is 8.78. The van der Waals surface area contributed by atoms with Crippen molar-refractivity contribution in [1.82, 2.24) is 4.47 Å². The topological polar surface area (TPSA) is 102 Å². The van der Waals surface area contributed by atoms with Crippen LogP contribution in [0.2, 0.25) is 0 Å². The van der Waals surface area contributed by atoms with Crippen LogP contribution in [0.5, 0.6) is 0 Å². The number of ether oxygens (including phenoxy) is 1. The van der Waals surface area contributed by atoms with Crippen molar-refractivity contribution in [2.75, 3.05) is 19.5 Å². The van der Waals surface area contributed by atoms with Crippen molar-refractivity contribution >= 4 is 27.6 Å². The largest absolute Gasteiger partial charge is 0.449 e. The molecule has 0 aliphatic rings. The van der Waals surface area contributed by atoms with Crippen LogP contribution in [0, 0.1) is 13.8 Å². The molecule has 0 aliphatic heterocycles. The van der Waals surface area contributed by atoms with Gasteiger partial charge in [0.1, 0.15) is 0 Å². The lowest BCUT2D eigenvalue weighted by molar-refractivity contribution is -0.123. The Kier molecular flexibility index (Phi) is 7.12. The first kappa shape index (κ1) is 22.5. The van der Waals surface area contributed by atoms with Crippen LogP contribution >= 0.6 is 0 Å². The monoisotopic (exact) mass is 420 g/mol. The van der Waals surface area contributed by atoms with Gasteiger partial charge in [-0.2, -0.15) is 0 Å². The number of sulfonamides is 1. The highest BCUT2D eigenvalue weighted by atomic mass is 32.2. The number of nitrogens with one attached hydrogen (secondary N) is 1. The second-order valence-electron chi connectivity index (χ2n) is 6.48. The van der Waals surface area contributed by atoms with Crippen LogP contribution in [0.4, 0.5) is 5.69 Å². The number of rotatable bonds is 7. The second-order valence-corrected chi connectivity index (χ2v) is 8.42. The van der Waals surface area contributed by atoms with E-state index in [0.29, 0.717) is 10.2 Å². The van der Waals surface area contributed by atoms with E-state index in [1.165, 1.54) is 45.3 Å². The van der Waals surface area contributed by atoms with E-state index in [0.717, 1.165) is 11.1 Å². The summed E-state index contributed by atoms with van der Waals surface area (Å²) < 4.78 is 30.5. The number of esters is 1. The lowest BCUT2D eigenvalue weighted by Crippen LogP contribution is -2.30. The van der Waals surface area contributed by atoms with E-state index in [9.17, 15) is 18.0 Å². The number of hydrogen-bond acceptors (Lipinski definition) is 6. The Morgan fingerprint density at radius 3 is 2.41 bits per heavy atom. The minimum atomic E-state index is -3.91. The summed E-state index contributed by atoms with van der Waals surface area (Å²) in [6, 6.07) is 10.9. The molecular weight excluding hydrogens is 396 g/mol. The van der Waals surface area contributed by atoms with Gasteiger partial charge in [-0.05, 0) is 50.6 Å². The molecule has 0 saturated carbocycles. The zero-order valence-electron chi connectivity index (χ0n) is 16.9. The highest BCUT2D eigenvalue weighted by Crippen LogP contribution is 2.18. The number of nitrogens with zero attached hydrogens (tertiary/aromatic N) is 1. The molecule has 0 aliphatic carbocycles. The molecule has 9 heteroatoms. The van der Waals surface area contributed by atoms with E-state index in [2.05, 4.69) is 5.32 Å². The Morgan fingerprint density at radius 2 is 1.79 bits per heavy atom. The SMILES string of the molecule is CON(C)S(=O)(=O)c1cccc(C(=O)O[C@H](C)C(=O)Nc2ccc(C)cc2C)c1. The smallest absolute Gasteiger partial charge is 0.338 e. The van der Waals surface area contributed by atoms with Crippen molar-refractivity contribution in [1.29, 1.82) is 0 Å². The van der Waals surface area contributed by atoms with Crippen molar-refractivity contribution in [3.05, 3.63) is 59.2 Å². The molecule has 2 rings (SSSR count). The summed E-state index contributed by atoms with van der Waals surface area (Å²) in [5, 5.41) is 2.72. The number of carbonyl (C=O) groups is 2. The highest BCUT2D eigenvalue weighted by Gasteiger charge is 2.24. The van der Waals surface area contributed by atoms with E-state index in [1.54, 1.807) is 6.07 Å². The summed E-state index contributed by atoms with van der Waals surface area (Å²) in [6.07, 6.45) is -1.08. The fourth-order valence-electron chi connectivity index (χ4n) is 2.50. The Bertz CT molecular complexity index is 1020. The standard InChI is InChI=1S/C20H24N2O6S/c1-13-9-10-18(14(2)11-13)21-19(23)15(3)28-20(24)16-7-6-8-17(12-16)29(25,26)22(4)27-5/h6-12,15H,1-5H3,(H,21,23)/t15-/m1/s1. The Hall–Kier alpha value is -2.75. The van der Waals surface area contributed by atoms with Gasteiger partial charge in [0.05, 0.1) is 17.6 Å². The zero-order chi connectivity index (χ0) is 21.8. The molecular formula is C20H24N2O6S. The van der Waals surface area contributed by atoms with Crippen molar-refractivity contribution < 1.29 is 27.6 Å². The Morgan fingerprint density at radius 1 is 1.10 bits per heavy atom. The Labute approximate surface area is 170 Å². The second kappa shape index (κ2) is 9.17. The molecule has 0 spiro atoms. The maximum Gasteiger partial charge on any atom is 0.338 e. The van der Waals surface area contributed by atoms with Crippen molar-refractivity contribution in [2.45, 2.75) is 31.8 Å². The van der Waals surface area contributed by atoms with Gasteiger partial charge in [-0.25, -0.2) is 13.2 Å². The minimum absolute atomic E-state index is 0.00162. The van der Waals surface area contributed by atoms with Crippen LogP contribution < -0.4 is 5.32 Å². The van der Waals surface area contributed by atoms with E-state index in [-0.39, 0.29) is 10.5 Å². The fraction of sp³-hybridized carbons (Fsp3) is 0.300. The van der Waals surface area contributed by atoms with Crippen LogP contribution in [-0.2, 0) is 24.4 Å². The molecule has 0 fully saturated rings. The van der Waals surface area contributed by atoms with Crippen molar-refractivity contribution in [3.8, 4) is 0 Å². The van der Waals surface area contributed by atoms with Crippen LogP contribution in [0.1, 0.15) is 28.4 Å². The third kappa shape index (κ3) is 5.41. The predicted octanol–water partition coefficient (Wildman–Crippen LogP) is 2.67. The molecule has 0 radical (unpaired) electrons. The summed E-state index contributed by atoms with van der Waals surface area (Å²) >= 11 is 0. The molecule has 29 heavy (non-hydrogen) atoms. The third-order valence-electron chi connectivity index (χ3n) is 4.26. The van der Waals surface area contributed by atoms with Crippen LogP contribution in [0.25, 0.3) is 0 Å². The molecule has 1 amide bonds. The molecule has 156 valence electrons. The molecule has 0 heterocycles. The first-order valence-corrected chi connectivity index (χ1v) is 10.2. The van der Waals surface area contributed by atoms with E-state index >= 15 is 0 Å². The van der Waals surface area contributed by atoms with Crippen LogP contribution in [0.15, 0.2) is 47.4 Å². The van der Waals surface area contributed by atoms with Gasteiger partial charge in [-0.15, -0.1) is 0 Å². The number of hydrogen-bond donors (Lipinski definition) is 1. The highest BCUT2D eigenvalue weighted by molar-refractivity contribution is 7.89. The number of amides is 1. The number of aryl methyl sites for hydroxylation is 2. The molecule has 1 N–H and O–H groups in total. The summed E-state index contributed by atoms with van der Waals surface area (Å²) in [6.45, 7) is 5.25. The molecule has 2 aromatic carbocycles. The van der Waals surface area contributed by atoms with Gasteiger partial charge in [0, 0.05) is 12.7 Å². The summed E-state index contributed by atoms with van der Waals surface area (Å²) in [5.74, 6) is -1.31. The minimum Gasteiger partial charge on any atom is -0.449 e. The molecule has 1 atom stereocenters. The fourth-order valence-corrected chi connectivity index (χ4v) is 3.52. The third-order valence-corrected chi connectivity index (χ3v) is 5.93. The van der Waals surface area contributed by atoms with Crippen molar-refractivity contribution in [2.24, 2.45) is 0 Å². The lowest BCUT2D eigenvalue weighted by Gasteiger charge is -2.16. The quantitative estimate of drug-likeness (QED) is 0.546. The molecule has 0 unspecified atom stereocenters. The van der Waals surface area contributed by atoms with Gasteiger partial charge < -0.3 is 10.1 Å². The first-order chi connectivity index (χ1) is 13.6. The van der Waals surface area contributed by atoms with Crippen molar-refractivity contribution in [3.63, 3.8) is 0 Å².